The molecule has 0 radical (unpaired) electrons. The predicted octanol–water partition coefficient (Wildman–Crippen LogP) is 7.49. The molecular formula is C23H13Br3N2O. The van der Waals surface area contributed by atoms with Crippen molar-refractivity contribution in [1.29, 1.82) is 10.5 Å². The fourth-order valence-electron chi connectivity index (χ4n) is 2.61. The third-order valence-corrected chi connectivity index (χ3v) is 5.78. The molecule has 0 heterocycles. The SMILES string of the molecule is N#C/C(=C/c1cc(Br)c(OCc2ccc(Br)cc2)c(Br)c1)c1ccc(C#N)cc1. The van der Waals surface area contributed by atoms with Crippen molar-refractivity contribution in [1.82, 2.24) is 0 Å². The number of rotatable bonds is 5. The second-order valence-corrected chi connectivity index (χ2v) is 8.71. The van der Waals surface area contributed by atoms with E-state index >= 15 is 0 Å². The lowest BCUT2D eigenvalue weighted by atomic mass is 10.0. The van der Waals surface area contributed by atoms with E-state index in [9.17, 15) is 5.26 Å². The maximum Gasteiger partial charge on any atom is 0.148 e. The van der Waals surface area contributed by atoms with Crippen LogP contribution in [0.15, 0.2) is 74.1 Å². The van der Waals surface area contributed by atoms with E-state index < -0.39 is 0 Å². The van der Waals surface area contributed by atoms with Crippen LogP contribution >= 0.6 is 47.8 Å². The average Bonchev–Trinajstić information content (AvgIpc) is 2.73. The maximum absolute atomic E-state index is 9.56. The number of hydrogen-bond acceptors (Lipinski definition) is 3. The molecule has 3 nitrogen and oxygen atoms in total. The first-order valence-electron chi connectivity index (χ1n) is 8.49. The van der Waals surface area contributed by atoms with Crippen LogP contribution in [0.2, 0.25) is 0 Å². The minimum Gasteiger partial charge on any atom is -0.487 e. The number of hydrogen-bond donors (Lipinski definition) is 0. The Bertz CT molecular complexity index is 1120. The summed E-state index contributed by atoms with van der Waals surface area (Å²) in [7, 11) is 0. The summed E-state index contributed by atoms with van der Waals surface area (Å²) in [5.74, 6) is 0.696. The number of ether oxygens (including phenoxy) is 1. The molecule has 3 aromatic rings. The molecule has 0 N–H and O–H groups in total. The molecule has 142 valence electrons. The molecule has 0 aromatic heterocycles. The fraction of sp³-hybridized carbons (Fsp3) is 0.0435. The van der Waals surface area contributed by atoms with Crippen molar-refractivity contribution in [2.24, 2.45) is 0 Å². The van der Waals surface area contributed by atoms with Gasteiger partial charge in [-0.05, 0) is 91.0 Å². The van der Waals surface area contributed by atoms with Gasteiger partial charge in [-0.15, -0.1) is 0 Å². The van der Waals surface area contributed by atoms with Gasteiger partial charge in [-0.2, -0.15) is 10.5 Å². The van der Waals surface area contributed by atoms with Crippen molar-refractivity contribution in [3.8, 4) is 17.9 Å². The summed E-state index contributed by atoms with van der Waals surface area (Å²) in [4.78, 5) is 0. The lowest BCUT2D eigenvalue weighted by Gasteiger charge is -2.12. The van der Waals surface area contributed by atoms with E-state index in [1.54, 1.807) is 30.3 Å². The highest BCUT2D eigenvalue weighted by atomic mass is 79.9. The molecule has 3 rings (SSSR count). The fourth-order valence-corrected chi connectivity index (χ4v) is 4.32. The molecule has 0 atom stereocenters. The molecule has 0 saturated heterocycles. The smallest absolute Gasteiger partial charge is 0.148 e. The van der Waals surface area contributed by atoms with Crippen LogP contribution in [0.3, 0.4) is 0 Å². The molecule has 29 heavy (non-hydrogen) atoms. The van der Waals surface area contributed by atoms with E-state index in [1.807, 2.05) is 36.4 Å². The number of halogens is 3. The summed E-state index contributed by atoms with van der Waals surface area (Å²) >= 11 is 10.5. The van der Waals surface area contributed by atoms with Crippen molar-refractivity contribution in [2.45, 2.75) is 6.61 Å². The van der Waals surface area contributed by atoms with E-state index in [-0.39, 0.29) is 0 Å². The highest BCUT2D eigenvalue weighted by Crippen LogP contribution is 2.36. The van der Waals surface area contributed by atoms with Gasteiger partial charge in [0, 0.05) is 4.47 Å². The Kier molecular flexibility index (Phi) is 7.28. The zero-order chi connectivity index (χ0) is 20.8. The van der Waals surface area contributed by atoms with Crippen LogP contribution in [0, 0.1) is 22.7 Å². The van der Waals surface area contributed by atoms with E-state index in [0.29, 0.717) is 23.5 Å². The van der Waals surface area contributed by atoms with E-state index in [0.717, 1.165) is 30.1 Å². The second kappa shape index (κ2) is 9.89. The normalized spacial score (nSPS) is 10.9. The van der Waals surface area contributed by atoms with Crippen LogP contribution < -0.4 is 4.74 Å². The average molecular weight is 573 g/mol. The highest BCUT2D eigenvalue weighted by Gasteiger charge is 2.10. The molecule has 0 aliphatic rings. The zero-order valence-corrected chi connectivity index (χ0v) is 19.8. The van der Waals surface area contributed by atoms with Crippen LogP contribution in [0.25, 0.3) is 11.6 Å². The largest absolute Gasteiger partial charge is 0.487 e. The molecule has 0 amide bonds. The molecule has 0 unspecified atom stereocenters. The Balaban J connectivity index is 1.83. The molecule has 0 saturated carbocycles. The van der Waals surface area contributed by atoms with Crippen molar-refractivity contribution < 1.29 is 4.74 Å². The van der Waals surface area contributed by atoms with Gasteiger partial charge in [-0.3, -0.25) is 0 Å². The minimum atomic E-state index is 0.439. The Labute approximate surface area is 194 Å². The summed E-state index contributed by atoms with van der Waals surface area (Å²) in [5.41, 5.74) is 3.74. The third-order valence-electron chi connectivity index (χ3n) is 4.07. The topological polar surface area (TPSA) is 56.8 Å². The quantitative estimate of drug-likeness (QED) is 0.235. The summed E-state index contributed by atoms with van der Waals surface area (Å²) in [5, 5.41) is 18.5. The van der Waals surface area contributed by atoms with Gasteiger partial charge in [-0.1, -0.05) is 40.2 Å². The van der Waals surface area contributed by atoms with Gasteiger partial charge < -0.3 is 4.74 Å². The van der Waals surface area contributed by atoms with E-state index in [2.05, 4.69) is 59.9 Å². The molecule has 0 fully saturated rings. The lowest BCUT2D eigenvalue weighted by Crippen LogP contribution is -1.97. The van der Waals surface area contributed by atoms with Crippen molar-refractivity contribution in [2.75, 3.05) is 0 Å². The molecule has 6 heteroatoms. The minimum absolute atomic E-state index is 0.439. The van der Waals surface area contributed by atoms with Gasteiger partial charge in [0.05, 0.1) is 32.2 Å². The summed E-state index contributed by atoms with van der Waals surface area (Å²) in [6.45, 7) is 0.439. The Morgan fingerprint density at radius 3 is 2.07 bits per heavy atom. The summed E-state index contributed by atoms with van der Waals surface area (Å²) in [6, 6.07) is 23.0. The van der Waals surface area contributed by atoms with Gasteiger partial charge in [-0.25, -0.2) is 0 Å². The van der Waals surface area contributed by atoms with Crippen molar-refractivity contribution in [3.05, 3.63) is 96.3 Å². The van der Waals surface area contributed by atoms with Gasteiger partial charge in [0.15, 0.2) is 0 Å². The Hall–Kier alpha value is -2.38. The second-order valence-electron chi connectivity index (χ2n) is 6.09. The van der Waals surface area contributed by atoms with Gasteiger partial charge in [0.25, 0.3) is 0 Å². The molecule has 0 aliphatic carbocycles. The van der Waals surface area contributed by atoms with Crippen LogP contribution in [0.5, 0.6) is 5.75 Å². The third kappa shape index (κ3) is 5.58. The van der Waals surface area contributed by atoms with Crippen LogP contribution in [0.1, 0.15) is 22.3 Å². The maximum atomic E-state index is 9.56. The Morgan fingerprint density at radius 1 is 0.897 bits per heavy atom. The monoisotopic (exact) mass is 570 g/mol. The summed E-state index contributed by atoms with van der Waals surface area (Å²) in [6.07, 6.45) is 1.80. The zero-order valence-electron chi connectivity index (χ0n) is 15.0. The van der Waals surface area contributed by atoms with Crippen molar-refractivity contribution >= 4 is 59.4 Å². The lowest BCUT2D eigenvalue weighted by molar-refractivity contribution is 0.302. The van der Waals surface area contributed by atoms with Crippen LogP contribution in [-0.2, 0) is 6.61 Å². The molecule has 0 spiro atoms. The Morgan fingerprint density at radius 2 is 1.52 bits per heavy atom. The first-order chi connectivity index (χ1) is 14.0. The summed E-state index contributed by atoms with van der Waals surface area (Å²) < 4.78 is 8.56. The molecular weight excluding hydrogens is 560 g/mol. The number of nitrogens with zero attached hydrogens (tertiary/aromatic N) is 2. The van der Waals surface area contributed by atoms with Gasteiger partial charge >= 0.3 is 0 Å². The van der Waals surface area contributed by atoms with E-state index in [4.69, 9.17) is 10.00 Å². The number of allylic oxidation sites excluding steroid dienone is 1. The first kappa shape index (κ1) is 21.3. The van der Waals surface area contributed by atoms with Gasteiger partial charge in [0.1, 0.15) is 12.4 Å². The highest BCUT2D eigenvalue weighted by molar-refractivity contribution is 9.11. The first-order valence-corrected chi connectivity index (χ1v) is 10.9. The standard InChI is InChI=1S/C23H13Br3N2O/c24-20-7-3-16(4-8-20)14-29-23-21(25)10-17(11-22(23)26)9-19(13-28)18-5-1-15(12-27)2-6-18/h1-11H,14H2/b19-9-. The number of benzene rings is 3. The molecule has 3 aromatic carbocycles. The van der Waals surface area contributed by atoms with Crippen molar-refractivity contribution in [3.63, 3.8) is 0 Å². The van der Waals surface area contributed by atoms with Crippen LogP contribution in [0.4, 0.5) is 0 Å². The molecule has 0 bridgehead atoms. The van der Waals surface area contributed by atoms with Crippen LogP contribution in [-0.4, -0.2) is 0 Å². The number of nitriles is 2. The van der Waals surface area contributed by atoms with E-state index in [1.165, 1.54) is 0 Å². The molecule has 0 aliphatic heterocycles. The predicted molar refractivity (Wildman–Crippen MR) is 125 cm³/mol. The van der Waals surface area contributed by atoms with Gasteiger partial charge in [0.2, 0.25) is 0 Å².